The van der Waals surface area contributed by atoms with Crippen molar-refractivity contribution in [2.45, 2.75) is 38.1 Å². The second kappa shape index (κ2) is 6.58. The molecule has 11 nitrogen and oxygen atoms in total. The fourth-order valence-electron chi connectivity index (χ4n) is 1.65. The first-order valence-corrected chi connectivity index (χ1v) is 5.97. The Morgan fingerprint density at radius 1 is 1.29 bits per heavy atom. The molecule has 118 valence electrons. The SMILES string of the molecule is O=C(O)CCCCC(=O)ON1C(=O)CC([N+]([O-])(O)O)C1=O. The van der Waals surface area contributed by atoms with Crippen molar-refractivity contribution < 1.29 is 44.5 Å². The number of imide groups is 1. The van der Waals surface area contributed by atoms with E-state index < -0.39 is 41.2 Å². The van der Waals surface area contributed by atoms with Crippen molar-refractivity contribution in [3.05, 3.63) is 5.21 Å². The predicted molar refractivity (Wildman–Crippen MR) is 59.7 cm³/mol. The highest BCUT2D eigenvalue weighted by atomic mass is 17.1. The molecule has 0 bridgehead atoms. The molecule has 1 aliphatic heterocycles. The van der Waals surface area contributed by atoms with Crippen LogP contribution in [-0.2, 0) is 24.0 Å². The third-order valence-corrected chi connectivity index (χ3v) is 2.70. The van der Waals surface area contributed by atoms with Crippen molar-refractivity contribution in [1.82, 2.24) is 5.06 Å². The fourth-order valence-corrected chi connectivity index (χ4v) is 1.65. The van der Waals surface area contributed by atoms with Crippen molar-refractivity contribution in [2.75, 3.05) is 0 Å². The van der Waals surface area contributed by atoms with Crippen molar-refractivity contribution in [2.24, 2.45) is 0 Å². The lowest BCUT2D eigenvalue weighted by Crippen LogP contribution is -2.49. The van der Waals surface area contributed by atoms with Gasteiger partial charge in [-0.3, -0.25) is 14.4 Å². The van der Waals surface area contributed by atoms with Gasteiger partial charge in [0.1, 0.15) is 0 Å². The Bertz CT molecular complexity index is 456. The van der Waals surface area contributed by atoms with E-state index in [-0.39, 0.29) is 30.7 Å². The van der Waals surface area contributed by atoms with Crippen LogP contribution in [0.5, 0.6) is 0 Å². The van der Waals surface area contributed by atoms with Crippen LogP contribution in [0.2, 0.25) is 0 Å². The highest BCUT2D eigenvalue weighted by Gasteiger charge is 2.51. The Labute approximate surface area is 118 Å². The van der Waals surface area contributed by atoms with E-state index in [1.165, 1.54) is 0 Å². The number of carbonyl (C=O) groups is 4. The molecule has 3 N–H and O–H groups in total. The summed E-state index contributed by atoms with van der Waals surface area (Å²) in [5.74, 6) is -4.38. The second-order valence-corrected chi connectivity index (χ2v) is 4.40. The van der Waals surface area contributed by atoms with Crippen LogP contribution in [0.4, 0.5) is 0 Å². The van der Waals surface area contributed by atoms with Gasteiger partial charge in [-0.05, 0) is 12.8 Å². The van der Waals surface area contributed by atoms with Crippen molar-refractivity contribution in [3.8, 4) is 0 Å². The molecule has 0 radical (unpaired) electrons. The molecule has 0 aromatic heterocycles. The number of hydroxylamine groups is 5. The maximum atomic E-state index is 11.5. The zero-order valence-corrected chi connectivity index (χ0v) is 10.8. The molecule has 0 aliphatic carbocycles. The van der Waals surface area contributed by atoms with E-state index in [4.69, 9.17) is 15.5 Å². The third kappa shape index (κ3) is 4.75. The first-order valence-electron chi connectivity index (χ1n) is 5.97. The van der Waals surface area contributed by atoms with Gasteiger partial charge < -0.3 is 15.2 Å². The summed E-state index contributed by atoms with van der Waals surface area (Å²) in [5.41, 5.74) is 0. The van der Waals surface area contributed by atoms with E-state index in [9.17, 15) is 24.4 Å². The Balaban J connectivity index is 2.47. The van der Waals surface area contributed by atoms with Gasteiger partial charge in [0.05, 0.1) is 6.42 Å². The molecule has 0 saturated carbocycles. The van der Waals surface area contributed by atoms with E-state index in [2.05, 4.69) is 4.84 Å². The van der Waals surface area contributed by atoms with Gasteiger partial charge in [0.2, 0.25) is 6.04 Å². The molecule has 1 atom stereocenters. The van der Waals surface area contributed by atoms with E-state index in [0.717, 1.165) is 0 Å². The summed E-state index contributed by atoms with van der Waals surface area (Å²) >= 11 is 0. The Kier molecular flexibility index (Phi) is 5.32. The highest BCUT2D eigenvalue weighted by molar-refractivity contribution is 6.04. The predicted octanol–water partition coefficient (Wildman–Crippen LogP) is -0.690. The molecule has 1 saturated heterocycles. The van der Waals surface area contributed by atoms with E-state index in [0.29, 0.717) is 0 Å². The van der Waals surface area contributed by atoms with Crippen LogP contribution in [0, 0.1) is 5.21 Å². The summed E-state index contributed by atoms with van der Waals surface area (Å²) in [6.45, 7) is 0. The number of carboxylic acid groups (broad SMARTS) is 1. The molecule has 0 aromatic carbocycles. The number of rotatable bonds is 7. The number of amides is 2. The molecule has 1 rings (SSSR count). The largest absolute Gasteiger partial charge is 0.564 e. The molecule has 21 heavy (non-hydrogen) atoms. The molecule has 1 heterocycles. The van der Waals surface area contributed by atoms with Crippen LogP contribution in [0.15, 0.2) is 0 Å². The average Bonchev–Trinajstić information content (AvgIpc) is 2.62. The van der Waals surface area contributed by atoms with Crippen LogP contribution in [0.25, 0.3) is 0 Å². The quantitative estimate of drug-likeness (QED) is 0.239. The average molecular weight is 306 g/mol. The van der Waals surface area contributed by atoms with Crippen LogP contribution in [-0.4, -0.2) is 55.4 Å². The summed E-state index contributed by atoms with van der Waals surface area (Å²) in [6.07, 6.45) is -0.788. The molecular formula is C10H14N2O9. The smallest absolute Gasteiger partial charge is 0.333 e. The highest BCUT2D eigenvalue weighted by Crippen LogP contribution is 2.21. The van der Waals surface area contributed by atoms with Crippen LogP contribution >= 0.6 is 0 Å². The first-order chi connectivity index (χ1) is 9.62. The summed E-state index contributed by atoms with van der Waals surface area (Å²) in [7, 11) is 0. The van der Waals surface area contributed by atoms with Gasteiger partial charge in [0, 0.05) is 12.8 Å². The number of hydrogen-bond acceptors (Lipinski definition) is 8. The van der Waals surface area contributed by atoms with Crippen LogP contribution < -0.4 is 0 Å². The van der Waals surface area contributed by atoms with Crippen molar-refractivity contribution in [3.63, 3.8) is 0 Å². The number of carbonyl (C=O) groups excluding carboxylic acids is 3. The summed E-state index contributed by atoms with van der Waals surface area (Å²) < 4.78 is 0. The molecule has 1 unspecified atom stereocenters. The Morgan fingerprint density at radius 3 is 2.33 bits per heavy atom. The summed E-state index contributed by atoms with van der Waals surface area (Å²) in [6, 6.07) is -2.00. The number of quaternary nitrogens is 1. The summed E-state index contributed by atoms with van der Waals surface area (Å²) in [4.78, 5) is 46.0. The van der Waals surface area contributed by atoms with Crippen molar-refractivity contribution >= 4 is 23.8 Å². The maximum absolute atomic E-state index is 11.5. The number of aliphatic carboxylic acids is 1. The lowest BCUT2D eigenvalue weighted by Gasteiger charge is -2.27. The van der Waals surface area contributed by atoms with Gasteiger partial charge in [0.15, 0.2) is 0 Å². The second-order valence-electron chi connectivity index (χ2n) is 4.40. The lowest BCUT2D eigenvalue weighted by molar-refractivity contribution is -1.22. The van der Waals surface area contributed by atoms with E-state index in [1.807, 2.05) is 0 Å². The minimum Gasteiger partial charge on any atom is -0.564 e. The molecule has 1 aliphatic rings. The topological polar surface area (TPSA) is 164 Å². The molecule has 0 spiro atoms. The molecular weight excluding hydrogens is 292 g/mol. The van der Waals surface area contributed by atoms with Gasteiger partial charge in [-0.2, -0.15) is 10.4 Å². The minimum atomic E-state index is -2.97. The molecule has 1 fully saturated rings. The van der Waals surface area contributed by atoms with Gasteiger partial charge in [-0.15, -0.1) is 0 Å². The molecule has 11 heteroatoms. The number of hydrogen-bond donors (Lipinski definition) is 3. The first kappa shape index (κ1) is 17.0. The zero-order chi connectivity index (χ0) is 16.2. The van der Waals surface area contributed by atoms with Gasteiger partial charge in [-0.1, -0.05) is 10.0 Å². The maximum Gasteiger partial charge on any atom is 0.333 e. The number of nitrogens with zero attached hydrogens (tertiary/aromatic N) is 2. The van der Waals surface area contributed by atoms with Crippen LogP contribution in [0.1, 0.15) is 32.1 Å². The molecule has 0 aromatic rings. The lowest BCUT2D eigenvalue weighted by atomic mass is 10.2. The Hall–Kier alpha value is -2.08. The Morgan fingerprint density at radius 2 is 1.86 bits per heavy atom. The van der Waals surface area contributed by atoms with Gasteiger partial charge >= 0.3 is 17.8 Å². The molecule has 2 amide bonds. The van der Waals surface area contributed by atoms with E-state index in [1.54, 1.807) is 0 Å². The standard InChI is InChI=1S/C10H14N2O9/c13-7-5-6(12(18,19)20)10(17)11(7)21-9(16)4-2-1-3-8(14)15/h6,18-19H,1-5H2,(H,14,15). The minimum absolute atomic E-state index is 0.0154. The monoisotopic (exact) mass is 306 g/mol. The van der Waals surface area contributed by atoms with E-state index >= 15 is 0 Å². The van der Waals surface area contributed by atoms with Crippen LogP contribution in [0.3, 0.4) is 0 Å². The van der Waals surface area contributed by atoms with Gasteiger partial charge in [0.25, 0.3) is 5.91 Å². The third-order valence-electron chi connectivity index (χ3n) is 2.70. The summed E-state index contributed by atoms with van der Waals surface area (Å²) in [5, 5.41) is 36.7. The van der Waals surface area contributed by atoms with Gasteiger partial charge in [-0.25, -0.2) is 4.79 Å². The fraction of sp³-hybridized carbons (Fsp3) is 0.600. The number of unbranched alkanes of at least 4 members (excludes halogenated alkanes) is 1. The zero-order valence-electron chi connectivity index (χ0n) is 10.8. The van der Waals surface area contributed by atoms with Crippen molar-refractivity contribution in [1.29, 1.82) is 0 Å². The number of carboxylic acids is 1. The normalized spacial score (nSPS) is 19.0.